The lowest BCUT2D eigenvalue weighted by molar-refractivity contribution is 0.0462. The van der Waals surface area contributed by atoms with Crippen LogP contribution in [-0.2, 0) is 11.3 Å². The van der Waals surface area contributed by atoms with Crippen LogP contribution in [0.4, 0.5) is 0 Å². The van der Waals surface area contributed by atoms with E-state index < -0.39 is 5.97 Å². The summed E-state index contributed by atoms with van der Waals surface area (Å²) in [7, 11) is 1.62. The molecule has 7 nitrogen and oxygen atoms in total. The molecule has 0 spiro atoms. The Kier molecular flexibility index (Phi) is 5.88. The van der Waals surface area contributed by atoms with E-state index in [0.717, 1.165) is 16.3 Å². The average Bonchev–Trinajstić information content (AvgIpc) is 3.37. The van der Waals surface area contributed by atoms with E-state index in [2.05, 4.69) is 10.1 Å². The molecule has 3 aromatic carbocycles. The van der Waals surface area contributed by atoms with Gasteiger partial charge in [-0.2, -0.15) is 9.78 Å². The number of hydrogen-bond donors (Lipinski definition) is 0. The fourth-order valence-electron chi connectivity index (χ4n) is 3.55. The fourth-order valence-corrected chi connectivity index (χ4v) is 4.36. The number of aromatic nitrogens is 3. The highest BCUT2D eigenvalue weighted by atomic mass is 32.1. The number of ether oxygens (including phenoxy) is 2. The Labute approximate surface area is 198 Å². The molecule has 0 fully saturated rings. The van der Waals surface area contributed by atoms with Gasteiger partial charge in [0.2, 0.25) is 0 Å². The van der Waals surface area contributed by atoms with Crippen LogP contribution in [0.25, 0.3) is 27.0 Å². The molecule has 0 unspecified atom stereocenters. The van der Waals surface area contributed by atoms with Crippen molar-refractivity contribution in [2.45, 2.75) is 6.61 Å². The Morgan fingerprint density at radius 3 is 2.53 bits per heavy atom. The molecule has 0 aliphatic heterocycles. The molecular formula is C26H19N3O4S. The maximum Gasteiger partial charge on any atom is 0.359 e. The first kappa shape index (κ1) is 21.5. The Hall–Kier alpha value is -4.30. The number of fused-ring (bicyclic) bond motifs is 1. The van der Waals surface area contributed by atoms with Gasteiger partial charge in [-0.3, -0.25) is 4.79 Å². The van der Waals surface area contributed by atoms with E-state index in [-0.39, 0.29) is 17.9 Å². The zero-order valence-electron chi connectivity index (χ0n) is 18.2. The summed E-state index contributed by atoms with van der Waals surface area (Å²) in [6.45, 7) is -0.0141. The van der Waals surface area contributed by atoms with Crippen LogP contribution in [-0.4, -0.2) is 27.8 Å². The van der Waals surface area contributed by atoms with Gasteiger partial charge >= 0.3 is 5.97 Å². The first-order valence-electron chi connectivity index (χ1n) is 10.5. The molecule has 0 amide bonds. The van der Waals surface area contributed by atoms with E-state index in [1.165, 1.54) is 16.0 Å². The van der Waals surface area contributed by atoms with Crippen molar-refractivity contribution in [2.24, 2.45) is 0 Å². The van der Waals surface area contributed by atoms with E-state index in [9.17, 15) is 9.59 Å². The van der Waals surface area contributed by atoms with Gasteiger partial charge in [-0.25, -0.2) is 9.78 Å². The highest BCUT2D eigenvalue weighted by Crippen LogP contribution is 2.27. The minimum absolute atomic E-state index is 0.0141. The summed E-state index contributed by atoms with van der Waals surface area (Å²) in [6.07, 6.45) is 0. The second-order valence-corrected chi connectivity index (χ2v) is 8.26. The Morgan fingerprint density at radius 1 is 0.971 bits per heavy atom. The molecule has 168 valence electrons. The third-order valence-electron chi connectivity index (χ3n) is 5.22. The molecule has 2 heterocycles. The molecule has 5 aromatic rings. The SMILES string of the molecule is COc1cccc(-c2nc(COC(=O)c3nn(-c4ccccc4)c(=O)c4ccccc34)cs2)c1. The maximum atomic E-state index is 13.0. The highest BCUT2D eigenvalue weighted by molar-refractivity contribution is 7.13. The van der Waals surface area contributed by atoms with Crippen molar-refractivity contribution in [3.63, 3.8) is 0 Å². The first-order chi connectivity index (χ1) is 16.6. The summed E-state index contributed by atoms with van der Waals surface area (Å²) in [6, 6.07) is 23.5. The van der Waals surface area contributed by atoms with Crippen molar-refractivity contribution >= 4 is 28.1 Å². The quantitative estimate of drug-likeness (QED) is 0.330. The molecule has 0 N–H and O–H groups in total. The van der Waals surface area contributed by atoms with Crippen LogP contribution in [0.1, 0.15) is 16.2 Å². The maximum absolute atomic E-state index is 13.0. The van der Waals surface area contributed by atoms with Crippen LogP contribution in [0.5, 0.6) is 5.75 Å². The number of carbonyl (C=O) groups is 1. The zero-order valence-corrected chi connectivity index (χ0v) is 19.0. The fraction of sp³-hybridized carbons (Fsp3) is 0.0769. The van der Waals surface area contributed by atoms with E-state index in [0.29, 0.717) is 22.2 Å². The monoisotopic (exact) mass is 469 g/mol. The van der Waals surface area contributed by atoms with Crippen LogP contribution in [0, 0.1) is 0 Å². The van der Waals surface area contributed by atoms with Gasteiger partial charge in [0, 0.05) is 16.3 Å². The van der Waals surface area contributed by atoms with Gasteiger partial charge in [0.15, 0.2) is 5.69 Å². The molecule has 0 aliphatic carbocycles. The predicted octanol–water partition coefficient (Wildman–Crippen LogP) is 4.87. The summed E-state index contributed by atoms with van der Waals surface area (Å²) in [5.41, 5.74) is 1.87. The molecule has 2 aromatic heterocycles. The summed E-state index contributed by atoms with van der Waals surface area (Å²) in [4.78, 5) is 30.6. The van der Waals surface area contributed by atoms with Crippen molar-refractivity contribution in [1.29, 1.82) is 0 Å². The third kappa shape index (κ3) is 4.18. The molecule has 0 atom stereocenters. The second kappa shape index (κ2) is 9.29. The lowest BCUT2D eigenvalue weighted by atomic mass is 10.1. The molecule has 0 bridgehead atoms. The molecule has 34 heavy (non-hydrogen) atoms. The minimum atomic E-state index is -0.628. The number of benzene rings is 3. The third-order valence-corrected chi connectivity index (χ3v) is 6.16. The van der Waals surface area contributed by atoms with Crippen LogP contribution < -0.4 is 10.3 Å². The lowest BCUT2D eigenvalue weighted by Gasteiger charge is -2.10. The Bertz CT molecular complexity index is 1540. The molecule has 8 heteroatoms. The molecule has 0 saturated heterocycles. The topological polar surface area (TPSA) is 83.3 Å². The summed E-state index contributed by atoms with van der Waals surface area (Å²) in [5, 5.41) is 7.83. The van der Waals surface area contributed by atoms with Gasteiger partial charge in [-0.05, 0) is 30.3 Å². The smallest absolute Gasteiger partial charge is 0.359 e. The number of carbonyl (C=O) groups excluding carboxylic acids is 1. The number of esters is 1. The number of thiazole rings is 1. The van der Waals surface area contributed by atoms with Crippen molar-refractivity contribution in [2.75, 3.05) is 7.11 Å². The van der Waals surface area contributed by atoms with E-state index in [4.69, 9.17) is 9.47 Å². The first-order valence-corrected chi connectivity index (χ1v) is 11.4. The van der Waals surface area contributed by atoms with Gasteiger partial charge in [-0.15, -0.1) is 11.3 Å². The highest BCUT2D eigenvalue weighted by Gasteiger charge is 2.19. The van der Waals surface area contributed by atoms with Crippen molar-refractivity contribution < 1.29 is 14.3 Å². The molecule has 0 saturated carbocycles. The number of para-hydroxylation sites is 1. The molecule has 0 aliphatic rings. The van der Waals surface area contributed by atoms with Crippen molar-refractivity contribution in [3.8, 4) is 22.0 Å². The van der Waals surface area contributed by atoms with Gasteiger partial charge in [0.25, 0.3) is 5.56 Å². The van der Waals surface area contributed by atoms with Crippen LogP contribution >= 0.6 is 11.3 Å². The van der Waals surface area contributed by atoms with Gasteiger partial charge in [0.1, 0.15) is 17.4 Å². The van der Waals surface area contributed by atoms with Crippen LogP contribution in [0.3, 0.4) is 0 Å². The van der Waals surface area contributed by atoms with Gasteiger partial charge in [-0.1, -0.05) is 48.5 Å². The van der Waals surface area contributed by atoms with Crippen LogP contribution in [0.15, 0.2) is 89.0 Å². The van der Waals surface area contributed by atoms with Gasteiger partial charge < -0.3 is 9.47 Å². The number of nitrogens with zero attached hydrogens (tertiary/aromatic N) is 3. The predicted molar refractivity (Wildman–Crippen MR) is 131 cm³/mol. The Morgan fingerprint density at radius 2 is 1.74 bits per heavy atom. The number of rotatable bonds is 6. The largest absolute Gasteiger partial charge is 0.497 e. The molecule has 5 rings (SSSR count). The molecule has 0 radical (unpaired) electrons. The number of methoxy groups -OCH3 is 1. The second-order valence-electron chi connectivity index (χ2n) is 7.40. The zero-order chi connectivity index (χ0) is 23.5. The summed E-state index contributed by atoms with van der Waals surface area (Å²) >= 11 is 1.45. The van der Waals surface area contributed by atoms with Crippen molar-refractivity contribution in [3.05, 3.63) is 106 Å². The standard InChI is InChI=1S/C26H19N3O4S/c1-32-20-11-7-8-17(14-20)24-27-18(16-34-24)15-33-26(31)23-21-12-5-6-13-22(21)25(30)29(28-23)19-9-3-2-4-10-19/h2-14,16H,15H2,1H3. The lowest BCUT2D eigenvalue weighted by Crippen LogP contribution is -2.25. The normalized spacial score (nSPS) is 10.9. The van der Waals surface area contributed by atoms with Crippen LogP contribution in [0.2, 0.25) is 0 Å². The average molecular weight is 470 g/mol. The van der Waals surface area contributed by atoms with Gasteiger partial charge in [0.05, 0.1) is 23.9 Å². The van der Waals surface area contributed by atoms with E-state index >= 15 is 0 Å². The van der Waals surface area contributed by atoms with E-state index in [1.54, 1.807) is 55.6 Å². The minimum Gasteiger partial charge on any atom is -0.497 e. The van der Waals surface area contributed by atoms with Crippen molar-refractivity contribution in [1.82, 2.24) is 14.8 Å². The molecular weight excluding hydrogens is 450 g/mol. The summed E-state index contributed by atoms with van der Waals surface area (Å²) in [5.74, 6) is 0.115. The summed E-state index contributed by atoms with van der Waals surface area (Å²) < 4.78 is 12.0. The number of hydrogen-bond acceptors (Lipinski definition) is 7. The Balaban J connectivity index is 1.43. The van der Waals surface area contributed by atoms with E-state index in [1.807, 2.05) is 35.7 Å².